The summed E-state index contributed by atoms with van der Waals surface area (Å²) >= 11 is 0. The van der Waals surface area contributed by atoms with Crippen LogP contribution in [0, 0.1) is 13.8 Å². The Labute approximate surface area is 166 Å². The molecule has 1 aromatic carbocycles. The fourth-order valence-corrected chi connectivity index (χ4v) is 3.78. The van der Waals surface area contributed by atoms with E-state index >= 15 is 0 Å². The van der Waals surface area contributed by atoms with Gasteiger partial charge in [0, 0.05) is 36.9 Å². The average molecular weight is 380 g/mol. The van der Waals surface area contributed by atoms with E-state index in [2.05, 4.69) is 28.7 Å². The quantitative estimate of drug-likeness (QED) is 0.704. The van der Waals surface area contributed by atoms with Gasteiger partial charge in [-0.05, 0) is 51.5 Å². The SMILES string of the molecule is COc1cccc(C(NC(=O)c2cc(C)n(C(C)C)c2C)c2nccn2C)c1. The first-order valence-corrected chi connectivity index (χ1v) is 9.44. The number of ether oxygens (including phenoxy) is 1. The lowest BCUT2D eigenvalue weighted by molar-refractivity contribution is 0.0940. The number of hydrogen-bond donors (Lipinski definition) is 1. The molecule has 0 bridgehead atoms. The summed E-state index contributed by atoms with van der Waals surface area (Å²) in [5.41, 5.74) is 3.65. The number of rotatable bonds is 6. The maximum atomic E-state index is 13.2. The predicted molar refractivity (Wildman–Crippen MR) is 110 cm³/mol. The number of carbonyl (C=O) groups excluding carboxylic acids is 1. The molecule has 0 aliphatic carbocycles. The number of aryl methyl sites for hydroxylation is 2. The van der Waals surface area contributed by atoms with Gasteiger partial charge in [-0.2, -0.15) is 0 Å². The normalized spacial score (nSPS) is 12.2. The molecule has 0 saturated carbocycles. The molecule has 1 N–H and O–H groups in total. The van der Waals surface area contributed by atoms with E-state index in [9.17, 15) is 4.79 Å². The van der Waals surface area contributed by atoms with Crippen molar-refractivity contribution in [2.45, 2.75) is 39.8 Å². The number of nitrogens with one attached hydrogen (secondary N) is 1. The van der Waals surface area contributed by atoms with Crippen LogP contribution in [0.3, 0.4) is 0 Å². The maximum Gasteiger partial charge on any atom is 0.253 e. The minimum Gasteiger partial charge on any atom is -0.497 e. The Hall–Kier alpha value is -3.02. The van der Waals surface area contributed by atoms with E-state index in [1.54, 1.807) is 13.3 Å². The van der Waals surface area contributed by atoms with Gasteiger partial charge in [0.2, 0.25) is 0 Å². The van der Waals surface area contributed by atoms with Crippen molar-refractivity contribution in [3.8, 4) is 5.75 Å². The monoisotopic (exact) mass is 380 g/mol. The first kappa shape index (κ1) is 19.7. The minimum atomic E-state index is -0.385. The molecule has 6 nitrogen and oxygen atoms in total. The molecule has 0 aliphatic rings. The first-order chi connectivity index (χ1) is 13.3. The van der Waals surface area contributed by atoms with E-state index in [0.717, 1.165) is 28.5 Å². The molecule has 0 fully saturated rings. The number of carbonyl (C=O) groups is 1. The molecule has 0 radical (unpaired) electrons. The number of nitrogens with zero attached hydrogens (tertiary/aromatic N) is 3. The van der Waals surface area contributed by atoms with Crippen LogP contribution >= 0.6 is 0 Å². The standard InChI is InChI=1S/C22H28N4O2/c1-14(2)26-15(3)12-19(16(26)4)22(27)24-20(21-23-10-11-25(21)5)17-8-7-9-18(13-17)28-6/h7-14,20H,1-6H3,(H,24,27). The largest absolute Gasteiger partial charge is 0.497 e. The molecule has 1 amide bonds. The van der Waals surface area contributed by atoms with E-state index in [-0.39, 0.29) is 11.9 Å². The van der Waals surface area contributed by atoms with Crippen molar-refractivity contribution in [3.63, 3.8) is 0 Å². The van der Waals surface area contributed by atoms with Crippen LogP contribution in [0.5, 0.6) is 5.75 Å². The van der Waals surface area contributed by atoms with Gasteiger partial charge in [-0.3, -0.25) is 4.79 Å². The number of imidazole rings is 1. The van der Waals surface area contributed by atoms with E-state index in [1.807, 2.05) is 62.0 Å². The topological polar surface area (TPSA) is 61.1 Å². The molecule has 1 unspecified atom stereocenters. The molecule has 2 aromatic heterocycles. The van der Waals surface area contributed by atoms with Crippen LogP contribution in [-0.4, -0.2) is 27.1 Å². The molecule has 0 spiro atoms. The smallest absolute Gasteiger partial charge is 0.253 e. The van der Waals surface area contributed by atoms with E-state index in [1.165, 1.54) is 0 Å². The van der Waals surface area contributed by atoms with Crippen LogP contribution in [0.4, 0.5) is 0 Å². The lowest BCUT2D eigenvalue weighted by Crippen LogP contribution is -2.31. The van der Waals surface area contributed by atoms with Gasteiger partial charge in [0.05, 0.1) is 12.7 Å². The van der Waals surface area contributed by atoms with Crippen molar-refractivity contribution in [3.05, 3.63) is 71.1 Å². The van der Waals surface area contributed by atoms with Crippen molar-refractivity contribution in [1.82, 2.24) is 19.4 Å². The number of aromatic nitrogens is 3. The molecule has 3 aromatic rings. The van der Waals surface area contributed by atoms with Crippen molar-refractivity contribution in [1.29, 1.82) is 0 Å². The zero-order valence-electron chi connectivity index (χ0n) is 17.4. The fraction of sp³-hybridized carbons (Fsp3) is 0.364. The van der Waals surface area contributed by atoms with Gasteiger partial charge >= 0.3 is 0 Å². The summed E-state index contributed by atoms with van der Waals surface area (Å²) in [5, 5.41) is 3.17. The summed E-state index contributed by atoms with van der Waals surface area (Å²) in [6, 6.07) is 9.57. The summed E-state index contributed by atoms with van der Waals surface area (Å²) in [6.45, 7) is 8.26. The number of benzene rings is 1. The van der Waals surface area contributed by atoms with E-state index in [4.69, 9.17) is 4.74 Å². The van der Waals surface area contributed by atoms with E-state index < -0.39 is 0 Å². The Morgan fingerprint density at radius 2 is 1.96 bits per heavy atom. The van der Waals surface area contributed by atoms with Crippen molar-refractivity contribution in [2.24, 2.45) is 7.05 Å². The highest BCUT2D eigenvalue weighted by atomic mass is 16.5. The zero-order chi connectivity index (χ0) is 20.4. The van der Waals surface area contributed by atoms with Crippen LogP contribution in [0.1, 0.15) is 59.1 Å². The average Bonchev–Trinajstić information content (AvgIpc) is 3.22. The third kappa shape index (κ3) is 3.67. The molecule has 1 atom stereocenters. The predicted octanol–water partition coefficient (Wildman–Crippen LogP) is 3.95. The summed E-state index contributed by atoms with van der Waals surface area (Å²) < 4.78 is 9.46. The molecule has 6 heteroatoms. The second-order valence-corrected chi connectivity index (χ2v) is 7.33. The Bertz CT molecular complexity index is 984. The van der Waals surface area contributed by atoms with Crippen molar-refractivity contribution < 1.29 is 9.53 Å². The summed E-state index contributed by atoms with van der Waals surface area (Å²) in [5.74, 6) is 1.39. The lowest BCUT2D eigenvalue weighted by Gasteiger charge is -2.20. The van der Waals surface area contributed by atoms with Gasteiger partial charge in [-0.1, -0.05) is 12.1 Å². The van der Waals surface area contributed by atoms with Crippen molar-refractivity contribution >= 4 is 5.91 Å². The van der Waals surface area contributed by atoms with Crippen LogP contribution in [0.25, 0.3) is 0 Å². The molecule has 3 rings (SSSR count). The second-order valence-electron chi connectivity index (χ2n) is 7.33. The summed E-state index contributed by atoms with van der Waals surface area (Å²) in [4.78, 5) is 17.7. The molecule has 0 aliphatic heterocycles. The van der Waals surface area contributed by atoms with Gasteiger partial charge < -0.3 is 19.2 Å². The van der Waals surface area contributed by atoms with Crippen LogP contribution in [0.15, 0.2) is 42.7 Å². The number of hydrogen-bond acceptors (Lipinski definition) is 3. The molecule has 148 valence electrons. The van der Waals surface area contributed by atoms with Gasteiger partial charge in [-0.25, -0.2) is 4.98 Å². The molecule has 2 heterocycles. The maximum absolute atomic E-state index is 13.2. The zero-order valence-corrected chi connectivity index (χ0v) is 17.4. The Balaban J connectivity index is 2.00. The highest BCUT2D eigenvalue weighted by molar-refractivity contribution is 5.96. The van der Waals surface area contributed by atoms with Gasteiger partial charge in [0.1, 0.15) is 17.6 Å². The minimum absolute atomic E-state index is 0.115. The second kappa shape index (κ2) is 7.92. The number of methoxy groups -OCH3 is 1. The molecule has 28 heavy (non-hydrogen) atoms. The third-order valence-corrected chi connectivity index (χ3v) is 5.06. The fourth-order valence-electron chi connectivity index (χ4n) is 3.78. The van der Waals surface area contributed by atoms with Gasteiger partial charge in [0.25, 0.3) is 5.91 Å². The van der Waals surface area contributed by atoms with Gasteiger partial charge in [0.15, 0.2) is 0 Å². The lowest BCUT2D eigenvalue weighted by atomic mass is 10.0. The van der Waals surface area contributed by atoms with Crippen LogP contribution in [-0.2, 0) is 7.05 Å². The molecule has 0 saturated heterocycles. The number of amides is 1. The highest BCUT2D eigenvalue weighted by Crippen LogP contribution is 2.26. The summed E-state index contributed by atoms with van der Waals surface area (Å²) in [7, 11) is 3.56. The summed E-state index contributed by atoms with van der Waals surface area (Å²) in [6.07, 6.45) is 3.61. The Kier molecular flexibility index (Phi) is 5.58. The molecular formula is C22H28N4O2. The Morgan fingerprint density at radius 1 is 1.21 bits per heavy atom. The van der Waals surface area contributed by atoms with Crippen LogP contribution < -0.4 is 10.1 Å². The van der Waals surface area contributed by atoms with Gasteiger partial charge in [-0.15, -0.1) is 0 Å². The first-order valence-electron chi connectivity index (χ1n) is 9.44. The van der Waals surface area contributed by atoms with Crippen LogP contribution in [0.2, 0.25) is 0 Å². The highest BCUT2D eigenvalue weighted by Gasteiger charge is 2.24. The third-order valence-electron chi connectivity index (χ3n) is 5.06. The van der Waals surface area contributed by atoms with E-state index in [0.29, 0.717) is 11.6 Å². The van der Waals surface area contributed by atoms with Crippen molar-refractivity contribution in [2.75, 3.05) is 7.11 Å². The molecular weight excluding hydrogens is 352 g/mol. The Morgan fingerprint density at radius 3 is 2.54 bits per heavy atom.